The summed E-state index contributed by atoms with van der Waals surface area (Å²) >= 11 is 0. The number of hydrogen-bond acceptors (Lipinski definition) is 2. The molecule has 0 saturated carbocycles. The van der Waals surface area contributed by atoms with Gasteiger partial charge in [-0.2, -0.15) is 0 Å². The molecule has 0 atom stereocenters. The SMILES string of the molecule is NC(=O)c1cccc2c1c1[c]cccc1n2CCc1cccc(OC(F)(F)F)c1. The number of benzene rings is 3. The third-order valence-electron chi connectivity index (χ3n) is 4.73. The Balaban J connectivity index is 1.73. The van der Waals surface area contributed by atoms with Crippen molar-refractivity contribution >= 4 is 27.7 Å². The standard InChI is InChI=1S/C22H16F3N2O2/c23-22(24,25)29-15-6-3-5-14(13-15)11-12-27-18-9-2-1-7-16(18)20-17(21(26)28)8-4-10-19(20)27/h1-6,8-10,13H,11-12H2,(H2,26,28). The van der Waals surface area contributed by atoms with Crippen LogP contribution in [0.1, 0.15) is 15.9 Å². The Hall–Kier alpha value is -3.48. The molecular formula is C22H16F3N2O2. The summed E-state index contributed by atoms with van der Waals surface area (Å²) in [5.74, 6) is -0.773. The van der Waals surface area contributed by atoms with Crippen molar-refractivity contribution in [3.63, 3.8) is 0 Å². The van der Waals surface area contributed by atoms with Crippen LogP contribution in [0.2, 0.25) is 0 Å². The molecule has 0 spiro atoms. The lowest BCUT2D eigenvalue weighted by Crippen LogP contribution is -2.17. The van der Waals surface area contributed by atoms with Crippen molar-refractivity contribution in [2.45, 2.75) is 19.3 Å². The van der Waals surface area contributed by atoms with E-state index in [9.17, 15) is 18.0 Å². The summed E-state index contributed by atoms with van der Waals surface area (Å²) in [5.41, 5.74) is 8.35. The Morgan fingerprint density at radius 1 is 1.07 bits per heavy atom. The Labute approximate surface area is 164 Å². The van der Waals surface area contributed by atoms with Crippen molar-refractivity contribution in [2.24, 2.45) is 5.73 Å². The van der Waals surface area contributed by atoms with Crippen LogP contribution in [0.4, 0.5) is 13.2 Å². The molecule has 7 heteroatoms. The van der Waals surface area contributed by atoms with E-state index < -0.39 is 12.3 Å². The quantitative estimate of drug-likeness (QED) is 0.524. The maximum Gasteiger partial charge on any atom is 0.573 e. The molecule has 1 amide bonds. The topological polar surface area (TPSA) is 57.2 Å². The van der Waals surface area contributed by atoms with Crippen LogP contribution in [0.15, 0.2) is 60.7 Å². The molecule has 147 valence electrons. The van der Waals surface area contributed by atoms with E-state index in [0.29, 0.717) is 24.1 Å². The Morgan fingerprint density at radius 2 is 1.83 bits per heavy atom. The lowest BCUT2D eigenvalue weighted by Gasteiger charge is -2.11. The predicted molar refractivity (Wildman–Crippen MR) is 104 cm³/mol. The number of hydrogen-bond donors (Lipinski definition) is 1. The Bertz CT molecular complexity index is 1210. The van der Waals surface area contributed by atoms with Crippen molar-refractivity contribution in [1.29, 1.82) is 0 Å². The first-order chi connectivity index (χ1) is 13.8. The summed E-state index contributed by atoms with van der Waals surface area (Å²) in [6, 6.07) is 19.9. The van der Waals surface area contributed by atoms with Gasteiger partial charge in [-0.25, -0.2) is 0 Å². The maximum atomic E-state index is 12.5. The average Bonchev–Trinajstić information content (AvgIpc) is 2.99. The molecule has 4 rings (SSSR count). The molecule has 2 N–H and O–H groups in total. The fourth-order valence-electron chi connectivity index (χ4n) is 3.60. The molecule has 0 bridgehead atoms. The van der Waals surface area contributed by atoms with Gasteiger partial charge >= 0.3 is 6.36 Å². The van der Waals surface area contributed by atoms with Gasteiger partial charge in [0.1, 0.15) is 5.75 Å². The molecule has 0 aliphatic rings. The number of aromatic nitrogens is 1. The molecule has 1 radical (unpaired) electrons. The number of rotatable bonds is 5. The van der Waals surface area contributed by atoms with Crippen molar-refractivity contribution in [1.82, 2.24) is 4.57 Å². The van der Waals surface area contributed by atoms with E-state index in [1.165, 1.54) is 18.2 Å². The van der Waals surface area contributed by atoms with Gasteiger partial charge < -0.3 is 15.0 Å². The highest BCUT2D eigenvalue weighted by Crippen LogP contribution is 2.32. The molecule has 0 aliphatic carbocycles. The number of halogens is 3. The fourth-order valence-corrected chi connectivity index (χ4v) is 3.60. The third-order valence-corrected chi connectivity index (χ3v) is 4.73. The van der Waals surface area contributed by atoms with Crippen molar-refractivity contribution in [2.75, 3.05) is 0 Å². The minimum absolute atomic E-state index is 0.249. The van der Waals surface area contributed by atoms with Gasteiger partial charge in [0.05, 0.1) is 0 Å². The third kappa shape index (κ3) is 3.76. The highest BCUT2D eigenvalue weighted by molar-refractivity contribution is 6.17. The summed E-state index contributed by atoms with van der Waals surface area (Å²) in [7, 11) is 0. The molecule has 0 saturated heterocycles. The van der Waals surface area contributed by atoms with Gasteiger partial charge in [0, 0.05) is 33.9 Å². The van der Waals surface area contributed by atoms with Crippen LogP contribution >= 0.6 is 0 Å². The molecule has 0 fully saturated rings. The average molecular weight is 397 g/mol. The second-order valence-corrected chi connectivity index (χ2v) is 6.59. The van der Waals surface area contributed by atoms with E-state index >= 15 is 0 Å². The van der Waals surface area contributed by atoms with Crippen molar-refractivity contribution in [3.8, 4) is 5.75 Å². The van der Waals surface area contributed by atoms with Gasteiger partial charge in [0.25, 0.3) is 0 Å². The molecular weight excluding hydrogens is 381 g/mol. The van der Waals surface area contributed by atoms with E-state index in [-0.39, 0.29) is 5.75 Å². The second-order valence-electron chi connectivity index (χ2n) is 6.59. The van der Waals surface area contributed by atoms with E-state index in [2.05, 4.69) is 10.8 Å². The van der Waals surface area contributed by atoms with Crippen LogP contribution < -0.4 is 10.5 Å². The van der Waals surface area contributed by atoms with E-state index in [0.717, 1.165) is 21.8 Å². The second kappa shape index (κ2) is 7.16. The number of carbonyl (C=O) groups excluding carboxylic acids is 1. The van der Waals surface area contributed by atoms with Crippen LogP contribution in [-0.4, -0.2) is 16.8 Å². The number of primary amides is 1. The first kappa shape index (κ1) is 18.9. The van der Waals surface area contributed by atoms with Crippen LogP contribution in [0, 0.1) is 6.07 Å². The minimum Gasteiger partial charge on any atom is -0.406 e. The molecule has 0 aliphatic heterocycles. The molecule has 3 aromatic carbocycles. The number of amides is 1. The fraction of sp³-hybridized carbons (Fsp3) is 0.136. The summed E-state index contributed by atoms with van der Waals surface area (Å²) in [4.78, 5) is 11.9. The van der Waals surface area contributed by atoms with Crippen LogP contribution in [-0.2, 0) is 13.0 Å². The van der Waals surface area contributed by atoms with Crippen LogP contribution in [0.5, 0.6) is 5.75 Å². The van der Waals surface area contributed by atoms with Gasteiger partial charge in [-0.15, -0.1) is 13.2 Å². The largest absolute Gasteiger partial charge is 0.573 e. The lowest BCUT2D eigenvalue weighted by molar-refractivity contribution is -0.274. The number of nitrogens with zero attached hydrogens (tertiary/aromatic N) is 1. The minimum atomic E-state index is -4.73. The van der Waals surface area contributed by atoms with E-state index in [1.54, 1.807) is 24.3 Å². The Kier molecular flexibility index (Phi) is 4.66. The number of alkyl halides is 3. The van der Waals surface area contributed by atoms with Gasteiger partial charge in [-0.1, -0.05) is 30.3 Å². The zero-order valence-corrected chi connectivity index (χ0v) is 15.2. The normalized spacial score (nSPS) is 11.8. The number of carbonyl (C=O) groups is 1. The van der Waals surface area contributed by atoms with Gasteiger partial charge in [-0.05, 0) is 48.4 Å². The molecule has 29 heavy (non-hydrogen) atoms. The van der Waals surface area contributed by atoms with Crippen LogP contribution in [0.3, 0.4) is 0 Å². The van der Waals surface area contributed by atoms with Gasteiger partial charge in [0.2, 0.25) is 5.91 Å². The first-order valence-electron chi connectivity index (χ1n) is 8.89. The van der Waals surface area contributed by atoms with E-state index in [4.69, 9.17) is 5.73 Å². The monoisotopic (exact) mass is 397 g/mol. The number of fused-ring (bicyclic) bond motifs is 3. The van der Waals surface area contributed by atoms with Gasteiger partial charge in [0.15, 0.2) is 0 Å². The number of nitrogens with two attached hydrogens (primary N) is 1. The molecule has 4 aromatic rings. The van der Waals surface area contributed by atoms with E-state index in [1.807, 2.05) is 22.8 Å². The summed E-state index contributed by atoms with van der Waals surface area (Å²) in [6.45, 7) is 0.496. The van der Waals surface area contributed by atoms with Crippen molar-refractivity contribution in [3.05, 3.63) is 77.9 Å². The van der Waals surface area contributed by atoms with Gasteiger partial charge in [-0.3, -0.25) is 4.79 Å². The number of aryl methyl sites for hydroxylation is 2. The summed E-state index contributed by atoms with van der Waals surface area (Å²) in [5, 5.41) is 1.51. The highest BCUT2D eigenvalue weighted by atomic mass is 19.4. The highest BCUT2D eigenvalue weighted by Gasteiger charge is 2.31. The zero-order valence-electron chi connectivity index (χ0n) is 15.2. The molecule has 1 heterocycles. The molecule has 4 nitrogen and oxygen atoms in total. The maximum absolute atomic E-state index is 12.5. The zero-order chi connectivity index (χ0) is 20.6. The summed E-state index contributed by atoms with van der Waals surface area (Å²) < 4.78 is 43.4. The molecule has 0 unspecified atom stereocenters. The van der Waals surface area contributed by atoms with Crippen LogP contribution in [0.25, 0.3) is 21.8 Å². The Morgan fingerprint density at radius 3 is 2.59 bits per heavy atom. The number of ether oxygens (including phenoxy) is 1. The lowest BCUT2D eigenvalue weighted by atomic mass is 10.1. The smallest absolute Gasteiger partial charge is 0.406 e. The first-order valence-corrected chi connectivity index (χ1v) is 8.89. The predicted octanol–water partition coefficient (Wildman–Crippen LogP) is 4.83. The van der Waals surface area contributed by atoms with Crippen molar-refractivity contribution < 1.29 is 22.7 Å². The molecule has 1 aromatic heterocycles. The summed E-state index contributed by atoms with van der Waals surface area (Å²) in [6.07, 6.45) is -4.25.